The van der Waals surface area contributed by atoms with Gasteiger partial charge in [0.05, 0.1) is 4.92 Å². The molecular weight excluding hydrogens is 218 g/mol. The first-order valence-corrected chi connectivity index (χ1v) is 4.76. The molecule has 15 heavy (non-hydrogen) atoms. The molecule has 0 aliphatic heterocycles. The summed E-state index contributed by atoms with van der Waals surface area (Å²) in [5.41, 5.74) is 1.28. The van der Waals surface area contributed by atoms with Gasteiger partial charge >= 0.3 is 0 Å². The van der Waals surface area contributed by atoms with Gasteiger partial charge in [-0.1, -0.05) is 0 Å². The molecule has 5 heteroatoms. The highest BCUT2D eigenvalue weighted by Crippen LogP contribution is 2.27. The fraction of sp³-hybridized carbons (Fsp3) is 0.300. The van der Waals surface area contributed by atoms with Crippen LogP contribution >= 0.6 is 11.6 Å². The second-order valence-corrected chi connectivity index (χ2v) is 3.71. The number of Topliss-reactive ketones (excluding diaryl/α,β-unsaturated/α-hetero) is 1. The molecule has 0 N–H and O–H groups in total. The summed E-state index contributed by atoms with van der Waals surface area (Å²) in [7, 11) is 0. The van der Waals surface area contributed by atoms with Gasteiger partial charge in [0.25, 0.3) is 5.69 Å². The Balaban J connectivity index is 3.13. The van der Waals surface area contributed by atoms with Gasteiger partial charge in [0.1, 0.15) is 5.38 Å². The number of nitrogens with zero attached hydrogens (tertiary/aromatic N) is 1. The molecule has 0 aliphatic rings. The highest BCUT2D eigenvalue weighted by Gasteiger charge is 2.17. The minimum absolute atomic E-state index is 0.00340. The first-order valence-electron chi connectivity index (χ1n) is 4.33. The average molecular weight is 228 g/mol. The number of carbonyl (C=O) groups is 1. The van der Waals surface area contributed by atoms with Crippen LogP contribution in [0, 0.1) is 17.0 Å². The van der Waals surface area contributed by atoms with Crippen molar-refractivity contribution in [1.29, 1.82) is 0 Å². The smallest absolute Gasteiger partial charge is 0.269 e. The van der Waals surface area contributed by atoms with Gasteiger partial charge in [-0.15, -0.1) is 11.6 Å². The molecule has 0 heterocycles. The van der Waals surface area contributed by atoms with E-state index in [4.69, 9.17) is 11.6 Å². The van der Waals surface area contributed by atoms with Crippen LogP contribution in [0.25, 0.3) is 0 Å². The molecule has 0 saturated carbocycles. The number of benzene rings is 1. The van der Waals surface area contributed by atoms with E-state index in [1.165, 1.54) is 25.1 Å². The van der Waals surface area contributed by atoms with Crippen molar-refractivity contribution >= 4 is 23.1 Å². The molecule has 0 spiro atoms. The SMILES string of the molecule is CC(=O)C(Cl)c1ccc([N+](=O)[O-])cc1C. The summed E-state index contributed by atoms with van der Waals surface area (Å²) in [6.07, 6.45) is 0. The van der Waals surface area contributed by atoms with Crippen LogP contribution < -0.4 is 0 Å². The fourth-order valence-corrected chi connectivity index (χ4v) is 1.52. The summed E-state index contributed by atoms with van der Waals surface area (Å²) in [6.45, 7) is 3.08. The van der Waals surface area contributed by atoms with Gasteiger partial charge in [0, 0.05) is 12.1 Å². The molecule has 1 atom stereocenters. The zero-order valence-electron chi connectivity index (χ0n) is 8.36. The molecule has 0 fully saturated rings. The van der Waals surface area contributed by atoms with Crippen LogP contribution in [-0.2, 0) is 4.79 Å². The first-order chi connectivity index (χ1) is 6.93. The van der Waals surface area contributed by atoms with Crippen LogP contribution in [-0.4, -0.2) is 10.7 Å². The lowest BCUT2D eigenvalue weighted by Gasteiger charge is -2.08. The molecule has 4 nitrogen and oxygen atoms in total. The van der Waals surface area contributed by atoms with Crippen molar-refractivity contribution in [3.8, 4) is 0 Å². The van der Waals surface area contributed by atoms with Gasteiger partial charge in [-0.05, 0) is 31.0 Å². The van der Waals surface area contributed by atoms with Gasteiger partial charge in [0.15, 0.2) is 5.78 Å². The third-order valence-electron chi connectivity index (χ3n) is 2.09. The van der Waals surface area contributed by atoms with Gasteiger partial charge in [-0.3, -0.25) is 14.9 Å². The summed E-state index contributed by atoms with van der Waals surface area (Å²) in [5.74, 6) is -0.173. The fourth-order valence-electron chi connectivity index (χ4n) is 1.28. The minimum Gasteiger partial charge on any atom is -0.298 e. The van der Waals surface area contributed by atoms with Gasteiger partial charge < -0.3 is 0 Å². The number of ketones is 1. The quantitative estimate of drug-likeness (QED) is 0.453. The standard InChI is InChI=1S/C10H10ClNO3/c1-6-5-8(12(14)15)3-4-9(6)10(11)7(2)13/h3-5,10H,1-2H3. The zero-order valence-corrected chi connectivity index (χ0v) is 9.12. The Morgan fingerprint density at radius 2 is 2.13 bits per heavy atom. The second kappa shape index (κ2) is 4.40. The van der Waals surface area contributed by atoms with E-state index < -0.39 is 10.3 Å². The molecule has 0 radical (unpaired) electrons. The number of halogens is 1. The maximum absolute atomic E-state index is 11.0. The maximum Gasteiger partial charge on any atom is 0.269 e. The number of nitro benzene ring substituents is 1. The minimum atomic E-state index is -0.731. The summed E-state index contributed by atoms with van der Waals surface area (Å²) in [4.78, 5) is 21.0. The molecule has 1 aromatic carbocycles. The average Bonchev–Trinajstić information content (AvgIpc) is 2.16. The van der Waals surface area contributed by atoms with Crippen LogP contribution in [0.2, 0.25) is 0 Å². The van der Waals surface area contributed by atoms with Crippen molar-refractivity contribution in [3.05, 3.63) is 39.4 Å². The first kappa shape index (κ1) is 11.7. The lowest BCUT2D eigenvalue weighted by Crippen LogP contribution is -2.04. The van der Waals surface area contributed by atoms with Crippen molar-refractivity contribution in [1.82, 2.24) is 0 Å². The van der Waals surface area contributed by atoms with E-state index in [0.29, 0.717) is 11.1 Å². The largest absolute Gasteiger partial charge is 0.298 e. The second-order valence-electron chi connectivity index (χ2n) is 3.27. The lowest BCUT2D eigenvalue weighted by atomic mass is 10.0. The molecule has 0 aromatic heterocycles. The van der Waals surface area contributed by atoms with Crippen LogP contribution in [0.4, 0.5) is 5.69 Å². The summed E-state index contributed by atoms with van der Waals surface area (Å²) >= 11 is 5.86. The highest BCUT2D eigenvalue weighted by atomic mass is 35.5. The number of aryl methyl sites for hydroxylation is 1. The number of rotatable bonds is 3. The molecular formula is C10H10ClNO3. The zero-order chi connectivity index (χ0) is 11.6. The van der Waals surface area contributed by atoms with Crippen molar-refractivity contribution in [3.63, 3.8) is 0 Å². The molecule has 0 saturated heterocycles. The lowest BCUT2D eigenvalue weighted by molar-refractivity contribution is -0.384. The Labute approximate surface area is 92.0 Å². The maximum atomic E-state index is 11.0. The predicted octanol–water partition coefficient (Wildman–Crippen LogP) is 2.77. The van der Waals surface area contributed by atoms with Gasteiger partial charge in [-0.25, -0.2) is 0 Å². The molecule has 0 amide bonds. The molecule has 1 aromatic rings. The number of carbonyl (C=O) groups excluding carboxylic acids is 1. The van der Waals surface area contributed by atoms with Crippen molar-refractivity contribution < 1.29 is 9.72 Å². The highest BCUT2D eigenvalue weighted by molar-refractivity contribution is 6.30. The van der Waals surface area contributed by atoms with Crippen LogP contribution in [0.5, 0.6) is 0 Å². The predicted molar refractivity (Wildman–Crippen MR) is 57.1 cm³/mol. The van der Waals surface area contributed by atoms with Crippen LogP contribution in [0.1, 0.15) is 23.4 Å². The Hall–Kier alpha value is -1.42. The van der Waals surface area contributed by atoms with E-state index in [1.54, 1.807) is 6.92 Å². The Morgan fingerprint density at radius 3 is 2.53 bits per heavy atom. The van der Waals surface area contributed by atoms with E-state index in [1.807, 2.05) is 0 Å². The van der Waals surface area contributed by atoms with E-state index in [9.17, 15) is 14.9 Å². The summed E-state index contributed by atoms with van der Waals surface area (Å²) in [5, 5.41) is 9.74. The summed E-state index contributed by atoms with van der Waals surface area (Å²) in [6, 6.07) is 4.28. The Kier molecular flexibility index (Phi) is 3.42. The number of hydrogen-bond acceptors (Lipinski definition) is 3. The third kappa shape index (κ3) is 2.53. The molecule has 0 aliphatic carbocycles. The number of nitro groups is 1. The Bertz CT molecular complexity index is 417. The third-order valence-corrected chi connectivity index (χ3v) is 2.64. The topological polar surface area (TPSA) is 60.2 Å². The number of non-ortho nitro benzene ring substituents is 1. The number of alkyl halides is 1. The molecule has 0 bridgehead atoms. The normalized spacial score (nSPS) is 12.2. The van der Waals surface area contributed by atoms with E-state index in [2.05, 4.69) is 0 Å². The van der Waals surface area contributed by atoms with Crippen LogP contribution in [0.15, 0.2) is 18.2 Å². The monoisotopic (exact) mass is 227 g/mol. The van der Waals surface area contributed by atoms with Gasteiger partial charge in [0.2, 0.25) is 0 Å². The van der Waals surface area contributed by atoms with Crippen LogP contribution in [0.3, 0.4) is 0 Å². The van der Waals surface area contributed by atoms with E-state index >= 15 is 0 Å². The van der Waals surface area contributed by atoms with Crippen molar-refractivity contribution in [2.75, 3.05) is 0 Å². The molecule has 80 valence electrons. The Morgan fingerprint density at radius 1 is 1.53 bits per heavy atom. The van der Waals surface area contributed by atoms with E-state index in [0.717, 1.165) is 0 Å². The van der Waals surface area contributed by atoms with Gasteiger partial charge in [-0.2, -0.15) is 0 Å². The van der Waals surface area contributed by atoms with Crippen molar-refractivity contribution in [2.45, 2.75) is 19.2 Å². The summed E-state index contributed by atoms with van der Waals surface area (Å²) < 4.78 is 0. The van der Waals surface area contributed by atoms with E-state index in [-0.39, 0.29) is 11.5 Å². The molecule has 1 rings (SSSR count). The van der Waals surface area contributed by atoms with Crippen molar-refractivity contribution in [2.24, 2.45) is 0 Å². The number of hydrogen-bond donors (Lipinski definition) is 0. The molecule has 1 unspecified atom stereocenters.